The molecule has 3 aromatic heterocycles. The third kappa shape index (κ3) is 4.16. The summed E-state index contributed by atoms with van der Waals surface area (Å²) in [6.45, 7) is 8.40. The Labute approximate surface area is 160 Å². The van der Waals surface area contributed by atoms with Crippen molar-refractivity contribution in [3.05, 3.63) is 42.2 Å². The van der Waals surface area contributed by atoms with Gasteiger partial charge in [0.25, 0.3) is 0 Å². The van der Waals surface area contributed by atoms with Gasteiger partial charge in [-0.15, -0.1) is 0 Å². The van der Waals surface area contributed by atoms with Crippen LogP contribution >= 0.6 is 0 Å². The summed E-state index contributed by atoms with van der Waals surface area (Å²) in [5, 5.41) is 4.87. The highest BCUT2D eigenvalue weighted by atomic mass is 16.5. The standard InChI is InChI=1S/C21H27N5O/c1-21(2,3)9-6-18-24-19(13-15-8-12-27-14-15)26(25-18)17-7-11-22-16-5-4-10-23-20(16)17/h4-5,7,10-11,15H,6,8-9,12-14H2,1-3H3/t15-/m1/s1. The summed E-state index contributed by atoms with van der Waals surface area (Å²) in [6, 6.07) is 5.87. The molecule has 0 N–H and O–H groups in total. The van der Waals surface area contributed by atoms with E-state index in [0.29, 0.717) is 5.92 Å². The average Bonchev–Trinajstić information content (AvgIpc) is 3.29. The third-order valence-corrected chi connectivity index (χ3v) is 5.02. The van der Waals surface area contributed by atoms with Gasteiger partial charge in [-0.1, -0.05) is 20.8 Å². The minimum atomic E-state index is 0.260. The Morgan fingerprint density at radius 3 is 2.85 bits per heavy atom. The number of hydrogen-bond donors (Lipinski definition) is 0. The van der Waals surface area contributed by atoms with E-state index >= 15 is 0 Å². The SMILES string of the molecule is CC(C)(C)CCc1nc(C[C@H]2CCOC2)n(-c2ccnc3cccnc23)n1. The molecule has 4 heterocycles. The largest absolute Gasteiger partial charge is 0.381 e. The summed E-state index contributed by atoms with van der Waals surface area (Å²) in [4.78, 5) is 13.9. The van der Waals surface area contributed by atoms with Gasteiger partial charge in [0.15, 0.2) is 5.82 Å². The van der Waals surface area contributed by atoms with Crippen LogP contribution in [0.2, 0.25) is 0 Å². The van der Waals surface area contributed by atoms with Crippen molar-refractivity contribution in [2.45, 2.75) is 46.5 Å². The van der Waals surface area contributed by atoms with Crippen LogP contribution in [0.5, 0.6) is 0 Å². The molecule has 0 amide bonds. The summed E-state index contributed by atoms with van der Waals surface area (Å²) in [5.74, 6) is 2.40. The molecule has 1 saturated heterocycles. The van der Waals surface area contributed by atoms with Gasteiger partial charge in [-0.25, -0.2) is 9.67 Å². The van der Waals surface area contributed by atoms with E-state index in [1.807, 2.05) is 29.1 Å². The Hall–Kier alpha value is -2.34. The van der Waals surface area contributed by atoms with E-state index in [1.54, 1.807) is 6.20 Å². The summed E-state index contributed by atoms with van der Waals surface area (Å²) >= 11 is 0. The van der Waals surface area contributed by atoms with E-state index in [-0.39, 0.29) is 5.41 Å². The number of pyridine rings is 2. The smallest absolute Gasteiger partial charge is 0.151 e. The molecule has 1 aliphatic rings. The van der Waals surface area contributed by atoms with Crippen molar-refractivity contribution in [1.29, 1.82) is 0 Å². The molecule has 0 aromatic carbocycles. The van der Waals surface area contributed by atoms with E-state index in [4.69, 9.17) is 14.8 Å². The molecular weight excluding hydrogens is 338 g/mol. The zero-order valence-electron chi connectivity index (χ0n) is 16.4. The predicted octanol–water partition coefficient (Wildman–Crippen LogP) is 3.77. The van der Waals surface area contributed by atoms with Crippen LogP contribution in [0.3, 0.4) is 0 Å². The Balaban J connectivity index is 1.73. The van der Waals surface area contributed by atoms with Crippen LogP contribution in [0, 0.1) is 11.3 Å². The lowest BCUT2D eigenvalue weighted by molar-refractivity contribution is 0.185. The van der Waals surface area contributed by atoms with E-state index < -0.39 is 0 Å². The summed E-state index contributed by atoms with van der Waals surface area (Å²) in [7, 11) is 0. The Kier molecular flexibility index (Phi) is 4.91. The van der Waals surface area contributed by atoms with Crippen molar-refractivity contribution in [1.82, 2.24) is 24.7 Å². The van der Waals surface area contributed by atoms with Crippen LogP contribution in [0.4, 0.5) is 0 Å². The average molecular weight is 365 g/mol. The fourth-order valence-electron chi connectivity index (χ4n) is 3.45. The zero-order valence-corrected chi connectivity index (χ0v) is 16.4. The molecule has 6 nitrogen and oxygen atoms in total. The fraction of sp³-hybridized carbons (Fsp3) is 0.524. The van der Waals surface area contributed by atoms with Crippen LogP contribution < -0.4 is 0 Å². The first-order valence-corrected chi connectivity index (χ1v) is 9.72. The summed E-state index contributed by atoms with van der Waals surface area (Å²) < 4.78 is 7.54. The number of ether oxygens (including phenoxy) is 1. The molecule has 0 radical (unpaired) electrons. The number of hydrogen-bond acceptors (Lipinski definition) is 5. The Morgan fingerprint density at radius 2 is 2.07 bits per heavy atom. The van der Waals surface area contributed by atoms with Gasteiger partial charge in [0.1, 0.15) is 11.3 Å². The lowest BCUT2D eigenvalue weighted by atomic mass is 9.90. The number of aryl methyl sites for hydroxylation is 1. The monoisotopic (exact) mass is 365 g/mol. The number of fused-ring (bicyclic) bond motifs is 1. The van der Waals surface area contributed by atoms with Gasteiger partial charge in [-0.05, 0) is 42.4 Å². The van der Waals surface area contributed by atoms with Crippen LogP contribution in [0.1, 0.15) is 45.3 Å². The number of nitrogens with zero attached hydrogens (tertiary/aromatic N) is 5. The molecule has 4 rings (SSSR count). The second kappa shape index (κ2) is 7.35. The highest BCUT2D eigenvalue weighted by molar-refractivity contribution is 5.82. The maximum absolute atomic E-state index is 5.56. The molecule has 1 aliphatic heterocycles. The van der Waals surface area contributed by atoms with E-state index in [9.17, 15) is 0 Å². The Morgan fingerprint density at radius 1 is 1.19 bits per heavy atom. The first kappa shape index (κ1) is 18.0. The van der Waals surface area contributed by atoms with Crippen molar-refractivity contribution in [2.24, 2.45) is 11.3 Å². The van der Waals surface area contributed by atoms with Crippen molar-refractivity contribution in [3.63, 3.8) is 0 Å². The molecule has 0 unspecified atom stereocenters. The third-order valence-electron chi connectivity index (χ3n) is 5.02. The van der Waals surface area contributed by atoms with Gasteiger partial charge < -0.3 is 4.74 Å². The molecule has 27 heavy (non-hydrogen) atoms. The molecule has 0 bridgehead atoms. The van der Waals surface area contributed by atoms with Gasteiger partial charge in [0, 0.05) is 38.4 Å². The summed E-state index contributed by atoms with van der Waals surface area (Å²) in [6.07, 6.45) is 7.51. The van der Waals surface area contributed by atoms with Gasteiger partial charge in [-0.2, -0.15) is 5.10 Å². The highest BCUT2D eigenvalue weighted by Crippen LogP contribution is 2.25. The molecular formula is C21H27N5O. The van der Waals surface area contributed by atoms with Crippen molar-refractivity contribution >= 4 is 11.0 Å². The van der Waals surface area contributed by atoms with Crippen LogP contribution in [-0.2, 0) is 17.6 Å². The summed E-state index contributed by atoms with van der Waals surface area (Å²) in [5.41, 5.74) is 2.94. The quantitative estimate of drug-likeness (QED) is 0.689. The first-order chi connectivity index (χ1) is 13.0. The fourth-order valence-corrected chi connectivity index (χ4v) is 3.45. The van der Waals surface area contributed by atoms with E-state index in [2.05, 4.69) is 30.7 Å². The van der Waals surface area contributed by atoms with Gasteiger partial charge in [-0.3, -0.25) is 9.97 Å². The number of rotatable bonds is 5. The van der Waals surface area contributed by atoms with Crippen molar-refractivity contribution in [3.8, 4) is 5.69 Å². The van der Waals surface area contributed by atoms with Crippen LogP contribution in [-0.4, -0.2) is 37.9 Å². The molecule has 6 heteroatoms. The van der Waals surface area contributed by atoms with Gasteiger partial charge >= 0.3 is 0 Å². The molecule has 0 aliphatic carbocycles. The van der Waals surface area contributed by atoms with Crippen LogP contribution in [0.15, 0.2) is 30.6 Å². The molecule has 1 fully saturated rings. The zero-order chi connectivity index (χ0) is 18.9. The maximum atomic E-state index is 5.56. The minimum absolute atomic E-state index is 0.260. The second-order valence-electron chi connectivity index (χ2n) is 8.55. The van der Waals surface area contributed by atoms with Crippen molar-refractivity contribution < 1.29 is 4.74 Å². The lowest BCUT2D eigenvalue weighted by Crippen LogP contribution is -2.11. The second-order valence-corrected chi connectivity index (χ2v) is 8.55. The lowest BCUT2D eigenvalue weighted by Gasteiger charge is -2.16. The molecule has 142 valence electrons. The molecule has 1 atom stereocenters. The van der Waals surface area contributed by atoms with E-state index in [1.165, 1.54) is 0 Å². The van der Waals surface area contributed by atoms with Crippen LogP contribution in [0.25, 0.3) is 16.7 Å². The van der Waals surface area contributed by atoms with Gasteiger partial charge in [0.05, 0.1) is 11.2 Å². The number of aromatic nitrogens is 5. The van der Waals surface area contributed by atoms with Gasteiger partial charge in [0.2, 0.25) is 0 Å². The molecule has 0 saturated carbocycles. The highest BCUT2D eigenvalue weighted by Gasteiger charge is 2.22. The maximum Gasteiger partial charge on any atom is 0.151 e. The molecule has 0 spiro atoms. The van der Waals surface area contributed by atoms with Crippen molar-refractivity contribution in [2.75, 3.05) is 13.2 Å². The normalized spacial score (nSPS) is 17.7. The topological polar surface area (TPSA) is 65.7 Å². The minimum Gasteiger partial charge on any atom is -0.381 e. The van der Waals surface area contributed by atoms with E-state index in [0.717, 1.165) is 67.3 Å². The molecule has 3 aromatic rings. The first-order valence-electron chi connectivity index (χ1n) is 9.72. The Bertz CT molecular complexity index is 916. The predicted molar refractivity (Wildman–Crippen MR) is 105 cm³/mol.